The fraction of sp³-hybridized carbons (Fsp3) is 0.885. The average molecular weight is 1070 g/mol. The van der Waals surface area contributed by atoms with E-state index in [1.165, 1.54) is 141 Å². The molecule has 0 aliphatic carbocycles. The largest absolute Gasteiger partial charge is 0.481 e. The van der Waals surface area contributed by atoms with Gasteiger partial charge in [-0.05, 0) is 30.7 Å². The number of rotatable bonds is 46. The summed E-state index contributed by atoms with van der Waals surface area (Å²) in [5.74, 6) is 0.318. The van der Waals surface area contributed by atoms with Gasteiger partial charge in [0.1, 0.15) is 30.7 Å². The molecule has 6 N–H and O–H groups in total. The van der Waals surface area contributed by atoms with Gasteiger partial charge in [-0.2, -0.15) is 9.29 Å². The number of nitrogen functional groups attached to an aromatic ring is 1. The molecule has 18 nitrogen and oxygen atoms in total. The van der Waals surface area contributed by atoms with Crippen LogP contribution in [0.15, 0.2) is 17.1 Å². The SMILES string of the molecule is CC(C)CCCCCCCCCCCCCCCCC(=O)OC[C@H](COP(=O)(O)OP(=O)(O)OC[C@H]1O[C@@H](n2ccc(N)nc2=O)C(O)[C@H]1O)OC(=O)CCCCCCCCCCCCCCCCC(C)C. The van der Waals surface area contributed by atoms with E-state index in [1.807, 2.05) is 0 Å². The summed E-state index contributed by atoms with van der Waals surface area (Å²) in [6, 6.07) is 1.25. The van der Waals surface area contributed by atoms with Crippen LogP contribution in [0.2, 0.25) is 0 Å². The third-order valence-electron chi connectivity index (χ3n) is 13.0. The number of ether oxygens (including phenoxy) is 3. The van der Waals surface area contributed by atoms with Crippen molar-refractivity contribution in [3.63, 3.8) is 0 Å². The number of aliphatic hydroxyl groups excluding tert-OH is 2. The van der Waals surface area contributed by atoms with Crippen LogP contribution >= 0.6 is 15.6 Å². The first-order chi connectivity index (χ1) is 34.4. The van der Waals surface area contributed by atoms with Gasteiger partial charge in [0.15, 0.2) is 12.3 Å². The average Bonchev–Trinajstić information content (AvgIpc) is 3.59. The summed E-state index contributed by atoms with van der Waals surface area (Å²) in [7, 11) is -10.8. The number of hydrogen-bond donors (Lipinski definition) is 5. The molecule has 2 rings (SSSR count). The molecular formula is C52H97N3O15P2. The van der Waals surface area contributed by atoms with Crippen LogP contribution in [0, 0.1) is 11.8 Å². The zero-order chi connectivity index (χ0) is 53.0. The summed E-state index contributed by atoms with van der Waals surface area (Å²) in [5, 5.41) is 20.9. The zero-order valence-electron chi connectivity index (χ0n) is 44.6. The van der Waals surface area contributed by atoms with E-state index in [2.05, 4.69) is 37.0 Å². The third kappa shape index (κ3) is 32.9. The summed E-state index contributed by atoms with van der Waals surface area (Å²) >= 11 is 0. The third-order valence-corrected chi connectivity index (χ3v) is 15.6. The van der Waals surface area contributed by atoms with Gasteiger partial charge in [-0.1, -0.05) is 207 Å². The van der Waals surface area contributed by atoms with Crippen LogP contribution in [-0.4, -0.2) is 85.7 Å². The number of esters is 2. The molecular weight excluding hydrogens is 969 g/mol. The Bertz CT molecular complexity index is 1740. The van der Waals surface area contributed by atoms with Crippen molar-refractivity contribution >= 4 is 33.4 Å². The van der Waals surface area contributed by atoms with Crippen LogP contribution in [0.25, 0.3) is 0 Å². The van der Waals surface area contributed by atoms with E-state index in [0.717, 1.165) is 67.8 Å². The van der Waals surface area contributed by atoms with Crippen molar-refractivity contribution in [3.8, 4) is 0 Å². The topological polar surface area (TPSA) is 265 Å². The number of aromatic nitrogens is 2. The molecule has 1 aliphatic rings. The molecule has 1 aliphatic heterocycles. The number of hydrogen-bond acceptors (Lipinski definition) is 15. The highest BCUT2D eigenvalue weighted by Gasteiger charge is 2.46. The minimum atomic E-state index is -5.42. The Morgan fingerprint density at radius 1 is 0.625 bits per heavy atom. The smallest absolute Gasteiger partial charge is 0.462 e. The second-order valence-corrected chi connectivity index (χ2v) is 23.8. The van der Waals surface area contributed by atoms with Crippen molar-refractivity contribution < 1.29 is 66.3 Å². The monoisotopic (exact) mass is 1070 g/mol. The lowest BCUT2D eigenvalue weighted by Gasteiger charge is -2.21. The van der Waals surface area contributed by atoms with Gasteiger partial charge in [0.2, 0.25) is 0 Å². The summed E-state index contributed by atoms with van der Waals surface area (Å²) in [4.78, 5) is 62.1. The number of anilines is 1. The van der Waals surface area contributed by atoms with E-state index in [4.69, 9.17) is 29.0 Å². The second-order valence-electron chi connectivity index (χ2n) is 20.8. The molecule has 1 saturated heterocycles. The minimum absolute atomic E-state index is 0.0572. The minimum Gasteiger partial charge on any atom is -0.462 e. The standard InChI is InChI=1S/C52H97N3O15P2/c1-42(2)33-29-25-21-17-13-9-5-7-11-15-19-23-27-31-35-47(56)65-39-44(68-48(57)36-32-28-24-20-16-12-8-6-10-14-18-22-26-30-34-43(3)4)40-66-71(61,62)70-72(63,64)67-41-45-49(58)50(59)51(69-45)55-38-37-46(53)54-52(55)60/h37-38,42-45,49-51,58-59H,5-36,39-41H2,1-4H3,(H,61,62)(H,63,64)(H2,53,54,60)/t44-,45-,49+,50?,51-/m1/s1. The highest BCUT2D eigenvalue weighted by Crippen LogP contribution is 2.60. The molecule has 420 valence electrons. The van der Waals surface area contributed by atoms with Gasteiger partial charge in [-0.25, -0.2) is 13.9 Å². The first kappa shape index (κ1) is 65.9. The van der Waals surface area contributed by atoms with Crippen LogP contribution in [0.1, 0.15) is 239 Å². The van der Waals surface area contributed by atoms with Crippen LogP contribution < -0.4 is 11.4 Å². The molecule has 0 saturated carbocycles. The zero-order valence-corrected chi connectivity index (χ0v) is 46.4. The first-order valence-corrected chi connectivity index (χ1v) is 30.8. The van der Waals surface area contributed by atoms with Crippen LogP contribution in [-0.2, 0) is 46.3 Å². The molecule has 2 heterocycles. The van der Waals surface area contributed by atoms with Gasteiger partial charge in [0, 0.05) is 19.0 Å². The highest BCUT2D eigenvalue weighted by molar-refractivity contribution is 7.61. The van der Waals surface area contributed by atoms with Crippen LogP contribution in [0.4, 0.5) is 5.82 Å². The van der Waals surface area contributed by atoms with Crippen molar-refractivity contribution in [1.82, 2.24) is 9.55 Å². The predicted molar refractivity (Wildman–Crippen MR) is 280 cm³/mol. The Balaban J connectivity index is 1.76. The maximum atomic E-state index is 12.9. The number of nitrogens with zero attached hydrogens (tertiary/aromatic N) is 2. The van der Waals surface area contributed by atoms with E-state index < -0.39 is 83.7 Å². The molecule has 0 amide bonds. The Labute approximate surface area is 431 Å². The molecule has 3 unspecified atom stereocenters. The number of carbonyl (C=O) groups is 2. The van der Waals surface area contributed by atoms with Crippen molar-refractivity contribution in [2.24, 2.45) is 11.8 Å². The van der Waals surface area contributed by atoms with Gasteiger partial charge in [0.05, 0.1) is 13.2 Å². The second kappa shape index (κ2) is 39.2. The number of phosphoric acid groups is 2. The Hall–Kier alpha value is -2.24. The van der Waals surface area contributed by atoms with Crippen LogP contribution in [0.5, 0.6) is 0 Å². The number of nitrogens with two attached hydrogens (primary N) is 1. The normalized spacial score (nSPS) is 19.1. The van der Waals surface area contributed by atoms with Crippen molar-refractivity contribution in [1.29, 1.82) is 0 Å². The van der Waals surface area contributed by atoms with Gasteiger partial charge >= 0.3 is 33.3 Å². The molecule has 1 fully saturated rings. The van der Waals surface area contributed by atoms with Gasteiger partial charge < -0.3 is 39.9 Å². The summed E-state index contributed by atoms with van der Waals surface area (Å²) < 4.78 is 57.0. The fourth-order valence-corrected chi connectivity index (χ4v) is 10.9. The molecule has 0 aromatic carbocycles. The summed E-state index contributed by atoms with van der Waals surface area (Å²) in [6.07, 6.45) is 29.0. The first-order valence-electron chi connectivity index (χ1n) is 27.8. The van der Waals surface area contributed by atoms with E-state index in [9.17, 15) is 43.5 Å². The molecule has 1 aromatic heterocycles. The Kier molecular flexibility index (Phi) is 35.8. The molecule has 0 bridgehead atoms. The predicted octanol–water partition coefficient (Wildman–Crippen LogP) is 11.9. The number of phosphoric ester groups is 2. The molecule has 7 atom stereocenters. The Morgan fingerprint density at radius 3 is 1.46 bits per heavy atom. The maximum Gasteiger partial charge on any atom is 0.481 e. The summed E-state index contributed by atoms with van der Waals surface area (Å²) in [5.41, 5.74) is 4.60. The highest BCUT2D eigenvalue weighted by atomic mass is 31.3. The molecule has 20 heteroatoms. The van der Waals surface area contributed by atoms with Gasteiger partial charge in [-0.15, -0.1) is 0 Å². The van der Waals surface area contributed by atoms with Crippen molar-refractivity contribution in [3.05, 3.63) is 22.7 Å². The van der Waals surface area contributed by atoms with Crippen molar-refractivity contribution in [2.75, 3.05) is 25.6 Å². The van der Waals surface area contributed by atoms with E-state index >= 15 is 0 Å². The molecule has 1 aromatic rings. The van der Waals surface area contributed by atoms with E-state index in [-0.39, 0.29) is 18.7 Å². The lowest BCUT2D eigenvalue weighted by atomic mass is 10.0. The summed E-state index contributed by atoms with van der Waals surface area (Å²) in [6.45, 7) is 6.85. The fourth-order valence-electron chi connectivity index (χ4n) is 8.74. The molecule has 0 radical (unpaired) electrons. The Morgan fingerprint density at radius 2 is 1.03 bits per heavy atom. The number of carbonyl (C=O) groups excluding carboxylic acids is 2. The lowest BCUT2D eigenvalue weighted by Crippen LogP contribution is -2.36. The van der Waals surface area contributed by atoms with Crippen molar-refractivity contribution in [2.45, 2.75) is 264 Å². The van der Waals surface area contributed by atoms with E-state index in [0.29, 0.717) is 12.8 Å². The maximum absolute atomic E-state index is 12.9. The number of aliphatic hydroxyl groups is 2. The molecule has 72 heavy (non-hydrogen) atoms. The quantitative estimate of drug-likeness (QED) is 0.0231. The van der Waals surface area contributed by atoms with Gasteiger partial charge in [0.25, 0.3) is 0 Å². The lowest BCUT2D eigenvalue weighted by molar-refractivity contribution is -0.161. The molecule has 0 spiro atoms. The number of unbranched alkanes of at least 4 members (excludes halogenated alkanes) is 26. The van der Waals surface area contributed by atoms with E-state index in [1.54, 1.807) is 0 Å². The van der Waals surface area contributed by atoms with Crippen LogP contribution in [0.3, 0.4) is 0 Å². The van der Waals surface area contributed by atoms with Gasteiger partial charge in [-0.3, -0.25) is 23.2 Å².